The van der Waals surface area contributed by atoms with Crippen LogP contribution in [0.1, 0.15) is 0 Å². The van der Waals surface area contributed by atoms with E-state index >= 15 is 0 Å². The van der Waals surface area contributed by atoms with E-state index < -0.39 is 0 Å². The molecule has 0 radical (unpaired) electrons. The third-order valence-electron chi connectivity index (χ3n) is 13.9. The summed E-state index contributed by atoms with van der Waals surface area (Å²) >= 11 is 0. The van der Waals surface area contributed by atoms with Crippen LogP contribution in [0, 0.1) is 0 Å². The second kappa shape index (κ2) is 17.9. The monoisotopic (exact) mass is 903 g/mol. The summed E-state index contributed by atoms with van der Waals surface area (Å²) in [5, 5.41) is 4.33. The first kappa shape index (κ1) is 41.8. The Labute approximate surface area is 413 Å². The van der Waals surface area contributed by atoms with Crippen LogP contribution in [0.5, 0.6) is 0 Å². The number of para-hydroxylation sites is 2. The van der Waals surface area contributed by atoms with Gasteiger partial charge in [0, 0.05) is 10.8 Å². The molecule has 0 spiro atoms. The van der Waals surface area contributed by atoms with Crippen molar-refractivity contribution in [2.75, 3.05) is 0 Å². The zero-order valence-corrected chi connectivity index (χ0v) is 38.8. The van der Waals surface area contributed by atoms with Crippen LogP contribution in [0.25, 0.3) is 133 Å². The smallest absolute Gasteiger partial charge is 0.228 e. The maximum atomic E-state index is 7.25. The molecule has 0 aliphatic heterocycles. The molecule has 0 atom stereocenters. The molecule has 0 unspecified atom stereocenters. The summed E-state index contributed by atoms with van der Waals surface area (Å²) in [5.74, 6) is 0.562. The Morgan fingerprint density at radius 1 is 0.225 bits per heavy atom. The van der Waals surface area contributed by atoms with Crippen molar-refractivity contribution in [1.29, 1.82) is 0 Å². The van der Waals surface area contributed by atoms with Crippen LogP contribution in [-0.2, 0) is 0 Å². The molecule has 1 heterocycles. The van der Waals surface area contributed by atoms with Crippen molar-refractivity contribution < 1.29 is 4.42 Å². The lowest BCUT2D eigenvalue weighted by Gasteiger charge is -2.29. The van der Waals surface area contributed by atoms with Crippen LogP contribution < -0.4 is 0 Å². The topological polar surface area (TPSA) is 26.0 Å². The molecule has 13 rings (SSSR count). The average molecular weight is 904 g/mol. The van der Waals surface area contributed by atoms with Gasteiger partial charge in [-0.25, -0.2) is 4.98 Å². The number of nitrogens with zero attached hydrogens (tertiary/aromatic N) is 1. The summed E-state index contributed by atoms with van der Waals surface area (Å²) in [6.45, 7) is 0. The molecule has 13 aromatic rings. The zero-order valence-electron chi connectivity index (χ0n) is 38.8. The lowest BCUT2D eigenvalue weighted by Crippen LogP contribution is -2.03. The van der Waals surface area contributed by atoms with Crippen molar-refractivity contribution in [2.45, 2.75) is 0 Å². The lowest BCUT2D eigenvalue weighted by atomic mass is 9.73. The summed E-state index contributed by atoms with van der Waals surface area (Å²) in [7, 11) is 0. The predicted molar refractivity (Wildman–Crippen MR) is 298 cm³/mol. The second-order valence-corrected chi connectivity index (χ2v) is 18.0. The van der Waals surface area contributed by atoms with Crippen LogP contribution in [0.2, 0.25) is 0 Å². The fourth-order valence-corrected chi connectivity index (χ4v) is 11.0. The van der Waals surface area contributed by atoms with Gasteiger partial charge < -0.3 is 4.42 Å². The van der Waals surface area contributed by atoms with Gasteiger partial charge in [-0.1, -0.05) is 255 Å². The minimum atomic E-state index is 0.562. The molecular weight excluding hydrogens is 859 g/mol. The van der Waals surface area contributed by atoms with E-state index in [1.54, 1.807) is 0 Å². The van der Waals surface area contributed by atoms with E-state index in [4.69, 9.17) is 9.40 Å². The van der Waals surface area contributed by atoms with E-state index in [9.17, 15) is 0 Å². The van der Waals surface area contributed by atoms with Gasteiger partial charge in [0.15, 0.2) is 5.58 Å². The van der Waals surface area contributed by atoms with Gasteiger partial charge in [-0.2, -0.15) is 0 Å². The summed E-state index contributed by atoms with van der Waals surface area (Å²) in [4.78, 5) is 5.56. The third kappa shape index (κ3) is 7.24. The maximum Gasteiger partial charge on any atom is 0.228 e. The maximum absolute atomic E-state index is 7.25. The number of oxazole rings is 1. The molecule has 0 bridgehead atoms. The Kier molecular flexibility index (Phi) is 10.6. The molecule has 1 aromatic heterocycles. The van der Waals surface area contributed by atoms with Gasteiger partial charge in [0.25, 0.3) is 0 Å². The Morgan fingerprint density at radius 3 is 0.789 bits per heavy atom. The standard InChI is InChI=1S/C69H45NO/c1-9-27-46(28-10-1)58-54-45-55-59(47-29-11-2-12-30-47)61(49-33-15-4-16-34-49)63(51-37-19-6-20-38-51)65(53-41-23-8-24-42-53)67(55)68(69-70-56-43-25-26-44-57(56)71-69)66(54)64(52-39-21-7-22-40-52)62(50-35-17-5-18-36-50)60(58)48-31-13-3-14-32-48/h1-45H. The molecule has 0 amide bonds. The first-order valence-corrected chi connectivity index (χ1v) is 24.3. The van der Waals surface area contributed by atoms with Gasteiger partial charge in [-0.15, -0.1) is 0 Å². The van der Waals surface area contributed by atoms with E-state index in [1.165, 1.54) is 0 Å². The van der Waals surface area contributed by atoms with Crippen LogP contribution >= 0.6 is 0 Å². The molecule has 71 heavy (non-hydrogen) atoms. The Bertz CT molecular complexity index is 3760. The van der Waals surface area contributed by atoms with Crippen molar-refractivity contribution >= 4 is 32.6 Å². The van der Waals surface area contributed by atoms with E-state index in [2.05, 4.69) is 255 Å². The van der Waals surface area contributed by atoms with E-state index in [0.717, 1.165) is 127 Å². The van der Waals surface area contributed by atoms with Gasteiger partial charge in [0.05, 0.1) is 5.56 Å². The first-order valence-electron chi connectivity index (χ1n) is 24.3. The average Bonchev–Trinajstić information content (AvgIpc) is 3.90. The minimum absolute atomic E-state index is 0.562. The van der Waals surface area contributed by atoms with Crippen molar-refractivity contribution in [3.8, 4) is 100 Å². The van der Waals surface area contributed by atoms with Gasteiger partial charge in [0.1, 0.15) is 5.52 Å². The van der Waals surface area contributed by atoms with E-state index in [1.807, 2.05) is 18.2 Å². The van der Waals surface area contributed by atoms with Gasteiger partial charge >= 0.3 is 0 Å². The lowest BCUT2D eigenvalue weighted by molar-refractivity contribution is 0.621. The van der Waals surface area contributed by atoms with E-state index in [-0.39, 0.29) is 0 Å². The van der Waals surface area contributed by atoms with Crippen molar-refractivity contribution in [2.24, 2.45) is 0 Å². The fourth-order valence-electron chi connectivity index (χ4n) is 11.0. The number of rotatable bonds is 9. The Morgan fingerprint density at radius 2 is 0.479 bits per heavy atom. The predicted octanol–water partition coefficient (Wildman–Crippen LogP) is 19.1. The molecule has 12 aromatic carbocycles. The van der Waals surface area contributed by atoms with Crippen LogP contribution in [0.4, 0.5) is 0 Å². The highest BCUT2D eigenvalue weighted by atomic mass is 16.3. The molecule has 2 heteroatoms. The summed E-state index contributed by atoms with van der Waals surface area (Å²) < 4.78 is 7.25. The van der Waals surface area contributed by atoms with Crippen LogP contribution in [-0.4, -0.2) is 4.98 Å². The fraction of sp³-hybridized carbons (Fsp3) is 0. The quantitative estimate of drug-likeness (QED) is 0.135. The summed E-state index contributed by atoms with van der Waals surface area (Å²) in [5.41, 5.74) is 20.5. The Hall–Kier alpha value is -9.37. The van der Waals surface area contributed by atoms with Crippen molar-refractivity contribution in [3.05, 3.63) is 273 Å². The highest BCUT2D eigenvalue weighted by molar-refractivity contribution is 6.32. The minimum Gasteiger partial charge on any atom is -0.436 e. The SMILES string of the molecule is c1ccc(-c2c(-c3ccccc3)c(-c3ccccc3)c3c(-c4nc5ccccc5o4)c4c(-c5ccccc5)c(-c5ccccc5)c(-c5ccccc5)c(-c5ccccc5)c4cc3c2-c2ccccc2)cc1. The Balaban J connectivity index is 1.43. The zero-order chi connectivity index (χ0) is 47.1. The molecule has 0 fully saturated rings. The number of fused-ring (bicyclic) bond motifs is 3. The first-order chi connectivity index (χ1) is 35.3. The van der Waals surface area contributed by atoms with Gasteiger partial charge in [-0.3, -0.25) is 0 Å². The second-order valence-electron chi connectivity index (χ2n) is 18.0. The molecule has 2 nitrogen and oxygen atoms in total. The molecular formula is C69H45NO. The van der Waals surface area contributed by atoms with Crippen molar-refractivity contribution in [1.82, 2.24) is 4.98 Å². The molecule has 0 aliphatic carbocycles. The summed E-state index contributed by atoms with van der Waals surface area (Å²) in [6.07, 6.45) is 0. The van der Waals surface area contributed by atoms with E-state index in [0.29, 0.717) is 5.89 Å². The number of aromatic nitrogens is 1. The normalized spacial score (nSPS) is 11.4. The third-order valence-corrected chi connectivity index (χ3v) is 13.9. The number of hydrogen-bond acceptors (Lipinski definition) is 2. The molecule has 0 saturated heterocycles. The molecule has 0 aliphatic rings. The van der Waals surface area contributed by atoms with Crippen LogP contribution in [0.15, 0.2) is 277 Å². The molecule has 0 saturated carbocycles. The molecule has 332 valence electrons. The van der Waals surface area contributed by atoms with Crippen molar-refractivity contribution in [3.63, 3.8) is 0 Å². The highest BCUT2D eigenvalue weighted by Gasteiger charge is 2.33. The van der Waals surface area contributed by atoms with Gasteiger partial charge in [0.2, 0.25) is 5.89 Å². The largest absolute Gasteiger partial charge is 0.436 e. The number of benzene rings is 12. The summed E-state index contributed by atoms with van der Waals surface area (Å²) in [6, 6.07) is 98.3. The molecule has 0 N–H and O–H groups in total. The van der Waals surface area contributed by atoms with Crippen LogP contribution in [0.3, 0.4) is 0 Å². The van der Waals surface area contributed by atoms with Gasteiger partial charge in [-0.05, 0) is 118 Å². The highest BCUT2D eigenvalue weighted by Crippen LogP contribution is 2.59. The number of hydrogen-bond donors (Lipinski definition) is 0.